The van der Waals surface area contributed by atoms with Crippen LogP contribution in [0.4, 0.5) is 0 Å². The second kappa shape index (κ2) is 18.2. The van der Waals surface area contributed by atoms with E-state index in [0.29, 0.717) is 12.8 Å². The summed E-state index contributed by atoms with van der Waals surface area (Å²) in [6.45, 7) is 0. The largest absolute Gasteiger partial charge is 0.668 e. The van der Waals surface area contributed by atoms with Crippen molar-refractivity contribution >= 4 is 0 Å². The van der Waals surface area contributed by atoms with Gasteiger partial charge in [-0.1, -0.05) is 60.7 Å². The summed E-state index contributed by atoms with van der Waals surface area (Å²) in [6, 6.07) is 27.1. The van der Waals surface area contributed by atoms with Crippen LogP contribution < -0.4 is 0 Å². The summed E-state index contributed by atoms with van der Waals surface area (Å²) in [4.78, 5) is 0. The molecule has 0 fully saturated rings. The Balaban J connectivity index is 0.000000997. The van der Waals surface area contributed by atoms with Crippen LogP contribution in [0.15, 0.2) is 84.9 Å². The number of ether oxygens (including phenoxy) is 2. The molecule has 4 aromatic rings. The van der Waals surface area contributed by atoms with E-state index in [9.17, 15) is 10.2 Å². The normalized spacial score (nSPS) is 9.69. The molecule has 0 heterocycles. The standard InChI is InChI=1S/C28H26O4.2C2H6N.Hf/c1-31-25-15-5-3-11-21(25)23-13-7-9-19(27(23)29)17-18-20-10-8-14-24(28(20)30)22-12-4-6-16-26(22)32-2;2*1-3-2;/h3-16,29-30H,17-18H2,1-2H3;2*1-2H3;/q;2*-1;/p+2. The number of para-hydroxylation sites is 4. The third-order valence-electron chi connectivity index (χ3n) is 5.77. The molecule has 4 rings (SSSR count). The Labute approximate surface area is 251 Å². The van der Waals surface area contributed by atoms with Crippen molar-refractivity contribution in [2.75, 3.05) is 42.4 Å². The Hall–Kier alpha value is -3.13. The fourth-order valence-electron chi connectivity index (χ4n) is 4.08. The Kier molecular flexibility index (Phi) is 15.8. The van der Waals surface area contributed by atoms with E-state index in [0.717, 1.165) is 44.9 Å². The van der Waals surface area contributed by atoms with Crippen LogP contribution in [0, 0.1) is 0 Å². The van der Waals surface area contributed by atoms with Crippen LogP contribution in [0.5, 0.6) is 23.0 Å². The van der Waals surface area contributed by atoms with Gasteiger partial charge < -0.3 is 30.3 Å². The Morgan fingerprint density at radius 2 is 0.821 bits per heavy atom. The molecule has 0 aliphatic heterocycles. The van der Waals surface area contributed by atoms with Crippen molar-refractivity contribution in [2.45, 2.75) is 12.8 Å². The summed E-state index contributed by atoms with van der Waals surface area (Å²) >= 11 is 0. The summed E-state index contributed by atoms with van der Waals surface area (Å²) in [6.07, 6.45) is 1.20. The molecule has 0 aromatic heterocycles. The van der Waals surface area contributed by atoms with Gasteiger partial charge in [-0.3, -0.25) is 0 Å². The molecule has 0 radical (unpaired) electrons. The quantitative estimate of drug-likeness (QED) is 0.158. The van der Waals surface area contributed by atoms with Crippen LogP contribution in [-0.2, 0) is 38.7 Å². The van der Waals surface area contributed by atoms with Crippen molar-refractivity contribution < 1.29 is 45.5 Å². The Morgan fingerprint density at radius 1 is 0.513 bits per heavy atom. The summed E-state index contributed by atoms with van der Waals surface area (Å²) in [7, 11) is 10.5. The maximum Gasteiger partial charge on any atom is 0.262 e. The molecular weight excluding hydrogens is 655 g/mol. The van der Waals surface area contributed by atoms with Gasteiger partial charge in [0.15, 0.2) is 14.2 Å². The molecule has 0 bridgehead atoms. The first-order valence-corrected chi connectivity index (χ1v) is 12.4. The van der Waals surface area contributed by atoms with Crippen LogP contribution in [0.3, 0.4) is 0 Å². The minimum absolute atomic E-state index is 0. The summed E-state index contributed by atoms with van der Waals surface area (Å²) in [5, 5.41) is 29.0. The van der Waals surface area contributed by atoms with Crippen LogP contribution in [-0.4, -0.2) is 62.1 Å². The Morgan fingerprint density at radius 3 is 1.15 bits per heavy atom. The maximum absolute atomic E-state index is 11.0. The molecule has 4 N–H and O–H groups in total. The molecule has 206 valence electrons. The first-order chi connectivity index (χ1) is 18.5. The number of benzene rings is 4. The zero-order valence-electron chi connectivity index (χ0n) is 23.7. The van der Waals surface area contributed by atoms with Crippen molar-refractivity contribution in [2.24, 2.45) is 0 Å². The zero-order valence-corrected chi connectivity index (χ0v) is 27.3. The van der Waals surface area contributed by atoms with Gasteiger partial charge in [0, 0.05) is 49.1 Å². The predicted molar refractivity (Wildman–Crippen MR) is 160 cm³/mol. The van der Waals surface area contributed by atoms with Gasteiger partial charge in [0.05, 0.1) is 11.1 Å². The third kappa shape index (κ3) is 9.24. The smallest absolute Gasteiger partial charge is 0.262 e. The second-order valence-electron chi connectivity index (χ2n) is 8.50. The number of hydrogen-bond donors (Lipinski definition) is 2. The van der Waals surface area contributed by atoms with Crippen LogP contribution >= 0.6 is 0 Å². The van der Waals surface area contributed by atoms with Gasteiger partial charge in [-0.2, -0.15) is 28.2 Å². The number of aliphatic hydroxyl groups is 2. The van der Waals surface area contributed by atoms with Gasteiger partial charge in [0.2, 0.25) is 0 Å². The van der Waals surface area contributed by atoms with E-state index >= 15 is 0 Å². The number of rotatable bonds is 7. The molecule has 0 atom stereocenters. The van der Waals surface area contributed by atoms with E-state index in [1.54, 1.807) is 42.4 Å². The molecule has 4 aromatic carbocycles. The molecule has 39 heavy (non-hydrogen) atoms. The number of aromatic hydroxyl groups is 4. The monoisotopic (exact) mass is 696 g/mol. The fourth-order valence-corrected chi connectivity index (χ4v) is 4.08. The number of phenolic OH excluding ortho intramolecular Hbond substituents is 2. The molecule has 0 saturated carbocycles. The van der Waals surface area contributed by atoms with Gasteiger partial charge in [-0.05, 0) is 36.1 Å². The van der Waals surface area contributed by atoms with E-state index < -0.39 is 0 Å². The van der Waals surface area contributed by atoms with E-state index in [-0.39, 0.29) is 37.3 Å². The summed E-state index contributed by atoms with van der Waals surface area (Å²) in [5.41, 5.74) is 5.00. The average molecular weight is 695 g/mol. The van der Waals surface area contributed by atoms with Crippen LogP contribution in [0.25, 0.3) is 32.9 Å². The summed E-state index contributed by atoms with van der Waals surface area (Å²) in [5.74, 6) is 2.19. The maximum atomic E-state index is 11.0. The van der Waals surface area contributed by atoms with Crippen molar-refractivity contribution in [3.8, 4) is 45.3 Å². The molecule has 0 saturated heterocycles. The molecular formula is C32H40HfN2O4. The van der Waals surface area contributed by atoms with Gasteiger partial charge in [0.25, 0.3) is 11.5 Å². The van der Waals surface area contributed by atoms with Gasteiger partial charge in [-0.25, -0.2) is 0 Å². The van der Waals surface area contributed by atoms with Crippen molar-refractivity contribution in [3.63, 3.8) is 0 Å². The van der Waals surface area contributed by atoms with Crippen LogP contribution in [0.2, 0.25) is 0 Å². The number of aryl methyl sites for hydroxylation is 2. The minimum Gasteiger partial charge on any atom is -0.668 e. The molecule has 6 nitrogen and oxygen atoms in total. The SMILES string of the molecule is C[N-]C.C[N-]C.C[OH+]c1ccccc1-c1cccc(CCc2cccc(-c3ccccc3[OH+]C)c2O)c1O.[Hf]. The number of phenols is 2. The molecule has 7 heteroatoms. The number of nitrogens with zero attached hydrogens (tertiary/aromatic N) is 2. The molecule has 0 spiro atoms. The summed E-state index contributed by atoms with van der Waals surface area (Å²) < 4.78 is 8.65. The first-order valence-electron chi connectivity index (χ1n) is 12.4. The van der Waals surface area contributed by atoms with Gasteiger partial charge in [-0.15, -0.1) is 0 Å². The molecule has 0 amide bonds. The van der Waals surface area contributed by atoms with E-state index in [4.69, 9.17) is 0 Å². The number of hydrogen-bond acceptors (Lipinski definition) is 2. The van der Waals surface area contributed by atoms with E-state index in [1.165, 1.54) is 0 Å². The minimum atomic E-state index is 0. The zero-order chi connectivity index (χ0) is 27.9. The Bertz CT molecular complexity index is 1180. The van der Waals surface area contributed by atoms with Crippen molar-refractivity contribution in [1.82, 2.24) is 0 Å². The van der Waals surface area contributed by atoms with Crippen molar-refractivity contribution in [1.29, 1.82) is 0 Å². The second-order valence-corrected chi connectivity index (χ2v) is 8.50. The first kappa shape index (κ1) is 33.9. The van der Waals surface area contributed by atoms with E-state index in [1.807, 2.05) is 84.9 Å². The van der Waals surface area contributed by atoms with Crippen molar-refractivity contribution in [3.05, 3.63) is 107 Å². The topological polar surface area (TPSA) is 94.3 Å². The predicted octanol–water partition coefficient (Wildman–Crippen LogP) is 7.20. The van der Waals surface area contributed by atoms with Crippen LogP contribution in [0.1, 0.15) is 11.1 Å². The molecule has 0 aliphatic rings. The van der Waals surface area contributed by atoms with Gasteiger partial charge >= 0.3 is 0 Å². The third-order valence-corrected chi connectivity index (χ3v) is 5.77. The molecule has 0 unspecified atom stereocenters. The fraction of sp³-hybridized carbons (Fsp3) is 0.250. The molecule has 0 aliphatic carbocycles. The van der Waals surface area contributed by atoms with E-state index in [2.05, 4.69) is 20.1 Å². The van der Waals surface area contributed by atoms with Gasteiger partial charge in [0.1, 0.15) is 11.5 Å². The average Bonchev–Trinajstić information content (AvgIpc) is 2.94.